The van der Waals surface area contributed by atoms with Gasteiger partial charge < -0.3 is 36.2 Å². The van der Waals surface area contributed by atoms with Crippen molar-refractivity contribution in [3.05, 3.63) is 47.9 Å². The van der Waals surface area contributed by atoms with Crippen LogP contribution in [-0.2, 0) is 16.1 Å². The summed E-state index contributed by atoms with van der Waals surface area (Å²) in [5.41, 5.74) is 7.91. The molecule has 160 valence electrons. The Morgan fingerprint density at radius 1 is 1.03 bits per heavy atom. The first-order valence-corrected chi connectivity index (χ1v) is 9.11. The molecule has 1 amide bonds. The molecule has 12 heteroatoms. The Bertz CT molecular complexity index is 1120. The summed E-state index contributed by atoms with van der Waals surface area (Å²) in [6.07, 6.45) is 2.18. The maximum absolute atomic E-state index is 12.2. The molecule has 0 aliphatic rings. The van der Waals surface area contributed by atoms with Gasteiger partial charge in [-0.1, -0.05) is 0 Å². The number of carbonyl (C=O) groups excluding carboxylic acids is 3. The van der Waals surface area contributed by atoms with Gasteiger partial charge in [0, 0.05) is 17.2 Å². The molecule has 3 aromatic rings. The third-order valence-electron chi connectivity index (χ3n) is 4.22. The van der Waals surface area contributed by atoms with Crippen molar-refractivity contribution in [1.29, 1.82) is 0 Å². The van der Waals surface area contributed by atoms with Gasteiger partial charge in [-0.25, -0.2) is 15.0 Å². The molecule has 0 saturated heterocycles. The van der Waals surface area contributed by atoms with Crippen LogP contribution in [0.5, 0.6) is 0 Å². The third-order valence-corrected chi connectivity index (χ3v) is 4.22. The highest BCUT2D eigenvalue weighted by atomic mass is 16.4. The van der Waals surface area contributed by atoms with Crippen LogP contribution < -0.4 is 26.6 Å². The molecule has 0 fully saturated rings. The topological polar surface area (TPSA) is 199 Å². The predicted octanol–water partition coefficient (Wildman–Crippen LogP) is -2.01. The average Bonchev–Trinajstić information content (AvgIpc) is 2.75. The largest absolute Gasteiger partial charge is 0.550 e. The van der Waals surface area contributed by atoms with Crippen LogP contribution in [0.1, 0.15) is 28.9 Å². The van der Waals surface area contributed by atoms with Crippen molar-refractivity contribution in [2.24, 2.45) is 0 Å². The number of amides is 1. The number of nitrogens with zero attached hydrogens (tertiary/aromatic N) is 4. The summed E-state index contributed by atoms with van der Waals surface area (Å²) in [5, 5.41) is 26.9. The molecule has 1 atom stereocenters. The molecule has 12 nitrogen and oxygen atoms in total. The number of nitrogen functional groups attached to an aromatic ring is 1. The van der Waals surface area contributed by atoms with E-state index < -0.39 is 30.3 Å². The number of aliphatic carboxylic acids is 2. The van der Waals surface area contributed by atoms with Crippen molar-refractivity contribution in [2.75, 3.05) is 11.1 Å². The molecule has 0 aliphatic heterocycles. The van der Waals surface area contributed by atoms with Crippen LogP contribution in [0, 0.1) is 0 Å². The number of carboxylic acid groups (broad SMARTS) is 2. The number of nitrogens with one attached hydrogen (secondary N) is 2. The van der Waals surface area contributed by atoms with Gasteiger partial charge >= 0.3 is 0 Å². The minimum Gasteiger partial charge on any atom is -0.550 e. The zero-order chi connectivity index (χ0) is 22.4. The molecule has 2 heterocycles. The van der Waals surface area contributed by atoms with E-state index in [1.54, 1.807) is 18.3 Å². The highest BCUT2D eigenvalue weighted by Gasteiger charge is 2.15. The first kappa shape index (κ1) is 21.4. The number of rotatable bonds is 9. The number of fused-ring (bicyclic) bond motifs is 1. The smallest absolute Gasteiger partial charge is 0.251 e. The number of benzene rings is 1. The molecule has 2 aromatic heterocycles. The van der Waals surface area contributed by atoms with E-state index in [9.17, 15) is 24.6 Å². The van der Waals surface area contributed by atoms with E-state index in [0.29, 0.717) is 29.1 Å². The lowest BCUT2D eigenvalue weighted by Gasteiger charge is -2.20. The Balaban J connectivity index is 1.59. The van der Waals surface area contributed by atoms with Crippen molar-refractivity contribution in [2.45, 2.75) is 25.4 Å². The maximum atomic E-state index is 12.2. The van der Waals surface area contributed by atoms with Crippen LogP contribution in [0.2, 0.25) is 0 Å². The van der Waals surface area contributed by atoms with Crippen LogP contribution >= 0.6 is 0 Å². The molecule has 1 unspecified atom stereocenters. The van der Waals surface area contributed by atoms with Gasteiger partial charge in [0.1, 0.15) is 5.52 Å². The predicted molar refractivity (Wildman–Crippen MR) is 104 cm³/mol. The molecule has 3 rings (SSSR count). The Labute approximate surface area is 175 Å². The number of hydrogen-bond donors (Lipinski definition) is 3. The van der Waals surface area contributed by atoms with Crippen LogP contribution in [0.4, 0.5) is 11.6 Å². The number of carbonyl (C=O) groups is 3. The fraction of sp³-hybridized carbons (Fsp3) is 0.211. The van der Waals surface area contributed by atoms with Crippen LogP contribution in [-0.4, -0.2) is 43.8 Å². The summed E-state index contributed by atoms with van der Waals surface area (Å²) in [6, 6.07) is 4.80. The maximum Gasteiger partial charge on any atom is 0.251 e. The summed E-state index contributed by atoms with van der Waals surface area (Å²) in [5.74, 6) is -3.54. The Hall–Kier alpha value is -4.35. The molecule has 0 spiro atoms. The molecule has 0 aliphatic carbocycles. The summed E-state index contributed by atoms with van der Waals surface area (Å²) in [6.45, 7) is 0.342. The lowest BCUT2D eigenvalue weighted by Crippen LogP contribution is -2.48. The molecule has 1 aromatic carbocycles. The van der Waals surface area contributed by atoms with Crippen molar-refractivity contribution >= 4 is 40.6 Å². The fourth-order valence-corrected chi connectivity index (χ4v) is 2.64. The number of aromatic nitrogens is 4. The molecular weight excluding hydrogens is 406 g/mol. The highest BCUT2D eigenvalue weighted by Crippen LogP contribution is 2.13. The Morgan fingerprint density at radius 3 is 2.45 bits per heavy atom. The molecule has 4 N–H and O–H groups in total. The minimum atomic E-state index is -1.57. The lowest BCUT2D eigenvalue weighted by molar-refractivity contribution is -0.309. The van der Waals surface area contributed by atoms with Gasteiger partial charge in [0.25, 0.3) is 5.91 Å². The van der Waals surface area contributed by atoms with Crippen LogP contribution in [0.3, 0.4) is 0 Å². The summed E-state index contributed by atoms with van der Waals surface area (Å²) < 4.78 is 0. The standard InChI is InChI=1S/C19H19N7O5/c20-19-23-9-14-16(26-19)22-8-12(24-14)7-21-11-3-1-10(2-4-11)17(29)25-13(18(30)31)5-6-15(27)28/h1-4,8-9,13,21H,5-7H2,(H,25,29)(H,27,28)(H,30,31)(H2,20,22,23,26)/p-2. The minimum absolute atomic E-state index is 0.113. The van der Waals surface area contributed by atoms with E-state index >= 15 is 0 Å². The highest BCUT2D eigenvalue weighted by molar-refractivity contribution is 5.96. The Morgan fingerprint density at radius 2 is 1.77 bits per heavy atom. The van der Waals surface area contributed by atoms with Gasteiger partial charge in [-0.05, 0) is 37.1 Å². The second-order valence-electron chi connectivity index (χ2n) is 6.49. The third kappa shape index (κ3) is 5.82. The van der Waals surface area contributed by atoms with Gasteiger partial charge in [-0.2, -0.15) is 4.98 Å². The van der Waals surface area contributed by atoms with E-state index in [4.69, 9.17) is 5.73 Å². The van der Waals surface area contributed by atoms with E-state index in [-0.39, 0.29) is 17.9 Å². The van der Waals surface area contributed by atoms with Gasteiger partial charge in [0.05, 0.1) is 36.6 Å². The van der Waals surface area contributed by atoms with E-state index in [2.05, 4.69) is 30.6 Å². The molecule has 0 saturated carbocycles. The van der Waals surface area contributed by atoms with Crippen molar-refractivity contribution in [3.8, 4) is 0 Å². The first-order chi connectivity index (χ1) is 14.8. The van der Waals surface area contributed by atoms with Crippen molar-refractivity contribution < 1.29 is 24.6 Å². The number of anilines is 2. The van der Waals surface area contributed by atoms with Gasteiger partial charge in [-0.15, -0.1) is 0 Å². The SMILES string of the molecule is Nc1ncc2nc(CNc3ccc(C(=O)NC(CCC(=O)[O-])C(=O)[O-])cc3)cnc2n1. The molecular formula is C19H17N7O5-2. The fourth-order valence-electron chi connectivity index (χ4n) is 2.64. The lowest BCUT2D eigenvalue weighted by atomic mass is 10.1. The molecule has 0 bridgehead atoms. The van der Waals surface area contributed by atoms with Gasteiger partial charge in [0.2, 0.25) is 5.95 Å². The van der Waals surface area contributed by atoms with E-state index in [1.807, 2.05) is 0 Å². The van der Waals surface area contributed by atoms with Gasteiger partial charge in [-0.3, -0.25) is 4.79 Å². The van der Waals surface area contributed by atoms with Crippen LogP contribution in [0.25, 0.3) is 11.2 Å². The number of nitrogens with two attached hydrogens (primary N) is 1. The number of carboxylic acids is 2. The van der Waals surface area contributed by atoms with Gasteiger partial charge in [0.15, 0.2) is 5.65 Å². The van der Waals surface area contributed by atoms with Crippen molar-refractivity contribution in [1.82, 2.24) is 25.3 Å². The van der Waals surface area contributed by atoms with Crippen molar-refractivity contribution in [3.63, 3.8) is 0 Å². The second-order valence-corrected chi connectivity index (χ2v) is 6.49. The van der Waals surface area contributed by atoms with Crippen LogP contribution in [0.15, 0.2) is 36.7 Å². The quantitative estimate of drug-likeness (QED) is 0.343. The summed E-state index contributed by atoms with van der Waals surface area (Å²) >= 11 is 0. The zero-order valence-corrected chi connectivity index (χ0v) is 16.1. The monoisotopic (exact) mass is 423 g/mol. The zero-order valence-electron chi connectivity index (χ0n) is 16.1. The normalized spacial score (nSPS) is 11.6. The first-order valence-electron chi connectivity index (χ1n) is 9.11. The second kappa shape index (κ2) is 9.43. The molecule has 0 radical (unpaired) electrons. The Kier molecular flexibility index (Phi) is 6.50. The van der Waals surface area contributed by atoms with E-state index in [1.165, 1.54) is 18.3 Å². The average molecular weight is 423 g/mol. The molecule has 31 heavy (non-hydrogen) atoms. The summed E-state index contributed by atoms with van der Waals surface area (Å²) in [4.78, 5) is 50.2. The van der Waals surface area contributed by atoms with E-state index in [0.717, 1.165) is 0 Å². The summed E-state index contributed by atoms with van der Waals surface area (Å²) in [7, 11) is 0. The number of hydrogen-bond acceptors (Lipinski definition) is 11.